The Kier molecular flexibility index (Phi) is 2.72. The standard InChI is InChI=1S/C12H9FN2O/c1-8-4-9(2-3-11(8)13)12(16)10-5-14-7-15-6-10/h2-7H,1H3. The summed E-state index contributed by atoms with van der Waals surface area (Å²) in [7, 11) is 0. The molecule has 0 atom stereocenters. The van der Waals surface area contributed by atoms with Crippen LogP contribution in [0.4, 0.5) is 4.39 Å². The van der Waals surface area contributed by atoms with Gasteiger partial charge in [-0.25, -0.2) is 14.4 Å². The maximum atomic E-state index is 13.0. The van der Waals surface area contributed by atoms with Crippen LogP contribution in [0.15, 0.2) is 36.9 Å². The van der Waals surface area contributed by atoms with Crippen LogP contribution in [0.5, 0.6) is 0 Å². The van der Waals surface area contributed by atoms with Crippen LogP contribution in [0, 0.1) is 12.7 Å². The predicted molar refractivity (Wildman–Crippen MR) is 56.6 cm³/mol. The lowest BCUT2D eigenvalue weighted by molar-refractivity contribution is 0.103. The summed E-state index contributed by atoms with van der Waals surface area (Å²) in [5.74, 6) is -0.524. The average molecular weight is 216 g/mol. The van der Waals surface area contributed by atoms with Gasteiger partial charge in [-0.1, -0.05) is 0 Å². The van der Waals surface area contributed by atoms with E-state index in [1.54, 1.807) is 6.92 Å². The van der Waals surface area contributed by atoms with Crippen LogP contribution in [-0.4, -0.2) is 15.8 Å². The number of aromatic nitrogens is 2. The second kappa shape index (κ2) is 4.18. The van der Waals surface area contributed by atoms with Gasteiger partial charge in [0.2, 0.25) is 0 Å². The van der Waals surface area contributed by atoms with E-state index < -0.39 is 0 Å². The Morgan fingerprint density at radius 2 is 1.88 bits per heavy atom. The van der Waals surface area contributed by atoms with Crippen LogP contribution in [0.1, 0.15) is 21.5 Å². The molecule has 0 bridgehead atoms. The first kappa shape index (κ1) is 10.4. The number of nitrogens with zero attached hydrogens (tertiary/aromatic N) is 2. The Hall–Kier alpha value is -2.10. The summed E-state index contributed by atoms with van der Waals surface area (Å²) in [6.45, 7) is 1.62. The molecule has 3 nitrogen and oxygen atoms in total. The zero-order chi connectivity index (χ0) is 11.5. The van der Waals surface area contributed by atoms with Crippen molar-refractivity contribution in [1.82, 2.24) is 9.97 Å². The minimum atomic E-state index is -0.319. The van der Waals surface area contributed by atoms with E-state index in [1.165, 1.54) is 36.9 Å². The Bertz CT molecular complexity index is 526. The molecule has 0 aliphatic heterocycles. The van der Waals surface area contributed by atoms with Gasteiger partial charge >= 0.3 is 0 Å². The Morgan fingerprint density at radius 1 is 1.19 bits per heavy atom. The van der Waals surface area contributed by atoms with Crippen molar-refractivity contribution in [3.8, 4) is 0 Å². The third-order valence-electron chi connectivity index (χ3n) is 2.24. The molecule has 0 unspecified atom stereocenters. The number of ketones is 1. The molecule has 1 aromatic carbocycles. The molecule has 0 amide bonds. The number of hydrogen-bond donors (Lipinski definition) is 0. The van der Waals surface area contributed by atoms with Crippen LogP contribution in [-0.2, 0) is 0 Å². The molecule has 0 spiro atoms. The second-order valence-electron chi connectivity index (χ2n) is 3.42. The molecule has 2 rings (SSSR count). The van der Waals surface area contributed by atoms with Gasteiger partial charge < -0.3 is 0 Å². The summed E-state index contributed by atoms with van der Waals surface area (Å²) in [6, 6.07) is 4.26. The van der Waals surface area contributed by atoms with E-state index >= 15 is 0 Å². The third kappa shape index (κ3) is 1.95. The van der Waals surface area contributed by atoms with E-state index in [0.717, 1.165) is 0 Å². The number of carbonyl (C=O) groups is 1. The van der Waals surface area contributed by atoms with Crippen molar-refractivity contribution >= 4 is 5.78 Å². The highest BCUT2D eigenvalue weighted by molar-refractivity contribution is 6.08. The lowest BCUT2D eigenvalue weighted by Crippen LogP contribution is -2.03. The van der Waals surface area contributed by atoms with Crippen LogP contribution in [0.25, 0.3) is 0 Å². The van der Waals surface area contributed by atoms with Crippen molar-refractivity contribution < 1.29 is 9.18 Å². The van der Waals surface area contributed by atoms with E-state index in [1.807, 2.05) is 0 Å². The van der Waals surface area contributed by atoms with Gasteiger partial charge in [-0.05, 0) is 30.7 Å². The van der Waals surface area contributed by atoms with E-state index in [2.05, 4.69) is 9.97 Å². The van der Waals surface area contributed by atoms with Gasteiger partial charge in [0, 0.05) is 18.0 Å². The quantitative estimate of drug-likeness (QED) is 0.722. The van der Waals surface area contributed by atoms with Gasteiger partial charge in [-0.2, -0.15) is 0 Å². The van der Waals surface area contributed by atoms with Crippen molar-refractivity contribution in [3.63, 3.8) is 0 Å². The second-order valence-corrected chi connectivity index (χ2v) is 3.42. The number of hydrogen-bond acceptors (Lipinski definition) is 3. The minimum Gasteiger partial charge on any atom is -0.288 e. The van der Waals surface area contributed by atoms with Gasteiger partial charge in [-0.3, -0.25) is 4.79 Å². The lowest BCUT2D eigenvalue weighted by atomic mass is 10.0. The first-order valence-electron chi connectivity index (χ1n) is 4.74. The van der Waals surface area contributed by atoms with Gasteiger partial charge in [0.1, 0.15) is 12.1 Å². The van der Waals surface area contributed by atoms with Crippen LogP contribution in [0.2, 0.25) is 0 Å². The fourth-order valence-electron chi connectivity index (χ4n) is 1.37. The van der Waals surface area contributed by atoms with E-state index in [4.69, 9.17) is 0 Å². The van der Waals surface area contributed by atoms with Gasteiger partial charge in [0.25, 0.3) is 0 Å². The van der Waals surface area contributed by atoms with E-state index in [-0.39, 0.29) is 11.6 Å². The maximum absolute atomic E-state index is 13.0. The lowest BCUT2D eigenvalue weighted by Gasteiger charge is -2.02. The molecule has 1 heterocycles. The first-order valence-corrected chi connectivity index (χ1v) is 4.74. The molecule has 0 saturated carbocycles. The van der Waals surface area contributed by atoms with Gasteiger partial charge in [0.05, 0.1) is 5.56 Å². The molecule has 0 radical (unpaired) electrons. The van der Waals surface area contributed by atoms with Crippen LogP contribution < -0.4 is 0 Å². The minimum absolute atomic E-state index is 0.205. The molecular formula is C12H9FN2O. The van der Waals surface area contributed by atoms with Crippen molar-refractivity contribution in [2.75, 3.05) is 0 Å². The Morgan fingerprint density at radius 3 is 2.50 bits per heavy atom. The Balaban J connectivity index is 2.39. The summed E-state index contributed by atoms with van der Waals surface area (Å²) in [6.07, 6.45) is 4.23. The number of aryl methyl sites for hydroxylation is 1. The number of carbonyl (C=O) groups excluding carboxylic acids is 1. The van der Waals surface area contributed by atoms with Crippen molar-refractivity contribution in [2.24, 2.45) is 0 Å². The number of benzene rings is 1. The van der Waals surface area contributed by atoms with Crippen LogP contribution in [0.3, 0.4) is 0 Å². The largest absolute Gasteiger partial charge is 0.288 e. The zero-order valence-corrected chi connectivity index (χ0v) is 8.64. The highest BCUT2D eigenvalue weighted by Crippen LogP contribution is 2.12. The summed E-state index contributed by atoms with van der Waals surface area (Å²) >= 11 is 0. The highest BCUT2D eigenvalue weighted by atomic mass is 19.1. The molecule has 0 aliphatic carbocycles. The number of halogens is 1. The fourth-order valence-corrected chi connectivity index (χ4v) is 1.37. The zero-order valence-electron chi connectivity index (χ0n) is 8.64. The highest BCUT2D eigenvalue weighted by Gasteiger charge is 2.10. The Labute approximate surface area is 92.0 Å². The van der Waals surface area contributed by atoms with Crippen molar-refractivity contribution in [3.05, 3.63) is 59.4 Å². The third-order valence-corrected chi connectivity index (χ3v) is 2.24. The molecular weight excluding hydrogens is 207 g/mol. The predicted octanol–water partition coefficient (Wildman–Crippen LogP) is 2.16. The van der Waals surface area contributed by atoms with Crippen molar-refractivity contribution in [2.45, 2.75) is 6.92 Å². The maximum Gasteiger partial charge on any atom is 0.196 e. The smallest absolute Gasteiger partial charge is 0.196 e. The molecule has 0 fully saturated rings. The molecule has 4 heteroatoms. The molecule has 0 aliphatic rings. The van der Waals surface area contributed by atoms with E-state index in [0.29, 0.717) is 16.7 Å². The monoisotopic (exact) mass is 216 g/mol. The molecule has 16 heavy (non-hydrogen) atoms. The summed E-state index contributed by atoms with van der Waals surface area (Å²) in [5.41, 5.74) is 1.28. The summed E-state index contributed by atoms with van der Waals surface area (Å²) in [4.78, 5) is 19.4. The number of rotatable bonds is 2. The summed E-state index contributed by atoms with van der Waals surface area (Å²) in [5, 5.41) is 0. The molecule has 1 aromatic heterocycles. The van der Waals surface area contributed by atoms with Crippen molar-refractivity contribution in [1.29, 1.82) is 0 Å². The van der Waals surface area contributed by atoms with Gasteiger partial charge in [0.15, 0.2) is 5.78 Å². The summed E-state index contributed by atoms with van der Waals surface area (Å²) < 4.78 is 13.0. The average Bonchev–Trinajstić information content (AvgIpc) is 2.33. The molecule has 80 valence electrons. The molecule has 0 N–H and O–H groups in total. The molecule has 2 aromatic rings. The van der Waals surface area contributed by atoms with E-state index in [9.17, 15) is 9.18 Å². The SMILES string of the molecule is Cc1cc(C(=O)c2cncnc2)ccc1F. The topological polar surface area (TPSA) is 42.9 Å². The van der Waals surface area contributed by atoms with Crippen LogP contribution >= 0.6 is 0 Å². The first-order chi connectivity index (χ1) is 7.68. The van der Waals surface area contributed by atoms with Gasteiger partial charge in [-0.15, -0.1) is 0 Å². The molecule has 0 saturated heterocycles. The normalized spacial score (nSPS) is 10.1. The fraction of sp³-hybridized carbons (Fsp3) is 0.0833.